The van der Waals surface area contributed by atoms with Gasteiger partial charge in [0.1, 0.15) is 11.5 Å². The summed E-state index contributed by atoms with van der Waals surface area (Å²) in [6.45, 7) is 2.07. The molecule has 0 spiro atoms. The molecule has 0 radical (unpaired) electrons. The number of fused-ring (bicyclic) bond motifs is 5. The van der Waals surface area contributed by atoms with Crippen LogP contribution in [0.4, 0.5) is 0 Å². The fourth-order valence-electron chi connectivity index (χ4n) is 5.40. The summed E-state index contributed by atoms with van der Waals surface area (Å²) in [5.74, 6) is 1.56. The van der Waals surface area contributed by atoms with Crippen LogP contribution in [0.5, 0.6) is 5.75 Å². The second-order valence-electron chi connectivity index (χ2n) is 7.37. The maximum Gasteiger partial charge on any atom is 0.141 e. The highest BCUT2D eigenvalue weighted by Gasteiger charge is 2.58. The van der Waals surface area contributed by atoms with Gasteiger partial charge in [-0.3, -0.25) is 4.79 Å². The van der Waals surface area contributed by atoms with E-state index in [4.69, 9.17) is 0 Å². The molecule has 3 heteroatoms. The first-order valence-corrected chi connectivity index (χ1v) is 8.04. The third kappa shape index (κ3) is 1.73. The third-order valence-corrected chi connectivity index (χ3v) is 6.41. The Bertz CT molecular complexity index is 608. The van der Waals surface area contributed by atoms with Crippen LogP contribution in [0.2, 0.25) is 0 Å². The molecule has 1 unspecified atom stereocenters. The van der Waals surface area contributed by atoms with E-state index in [2.05, 4.69) is 6.92 Å². The number of hydrogen-bond acceptors (Lipinski definition) is 3. The Morgan fingerprint density at radius 2 is 2.10 bits per heavy atom. The Morgan fingerprint density at radius 1 is 1.29 bits per heavy atom. The maximum atomic E-state index is 12.3. The van der Waals surface area contributed by atoms with Crippen molar-refractivity contribution < 1.29 is 15.0 Å². The SMILES string of the molecule is C[C@]12CC[C@@H]3c4ccc(O)cc4CCC3[C@@H]1[C@@H](O)CC2=O. The van der Waals surface area contributed by atoms with E-state index in [1.807, 2.05) is 12.1 Å². The molecule has 3 nitrogen and oxygen atoms in total. The van der Waals surface area contributed by atoms with Crippen molar-refractivity contribution in [1.29, 1.82) is 0 Å². The van der Waals surface area contributed by atoms with Crippen molar-refractivity contribution in [1.82, 2.24) is 0 Å². The van der Waals surface area contributed by atoms with Gasteiger partial charge in [-0.05, 0) is 60.8 Å². The second-order valence-corrected chi connectivity index (χ2v) is 7.37. The van der Waals surface area contributed by atoms with Gasteiger partial charge in [-0.1, -0.05) is 13.0 Å². The van der Waals surface area contributed by atoms with Gasteiger partial charge in [0, 0.05) is 17.8 Å². The molecule has 0 aromatic heterocycles. The summed E-state index contributed by atoms with van der Waals surface area (Å²) >= 11 is 0. The minimum absolute atomic E-state index is 0.116. The number of carbonyl (C=O) groups is 1. The summed E-state index contributed by atoms with van der Waals surface area (Å²) in [6, 6.07) is 5.70. The van der Waals surface area contributed by atoms with Crippen molar-refractivity contribution in [2.24, 2.45) is 17.3 Å². The van der Waals surface area contributed by atoms with E-state index in [1.165, 1.54) is 11.1 Å². The molecule has 2 saturated carbocycles. The zero-order chi connectivity index (χ0) is 14.8. The number of phenols is 1. The van der Waals surface area contributed by atoms with Gasteiger partial charge in [0.25, 0.3) is 0 Å². The van der Waals surface area contributed by atoms with Gasteiger partial charge in [-0.2, -0.15) is 0 Å². The van der Waals surface area contributed by atoms with Crippen LogP contribution < -0.4 is 0 Å². The summed E-state index contributed by atoms with van der Waals surface area (Å²) in [6.07, 6.45) is 3.74. The van der Waals surface area contributed by atoms with Gasteiger partial charge in [-0.15, -0.1) is 0 Å². The molecule has 3 aliphatic rings. The molecule has 2 fully saturated rings. The normalized spacial score (nSPS) is 41.3. The van der Waals surface area contributed by atoms with Gasteiger partial charge in [-0.25, -0.2) is 0 Å². The molecule has 4 rings (SSSR count). The predicted octanol–water partition coefficient (Wildman–Crippen LogP) is 2.79. The topological polar surface area (TPSA) is 57.5 Å². The molecule has 0 heterocycles. The van der Waals surface area contributed by atoms with Crippen LogP contribution in [0, 0.1) is 17.3 Å². The molecule has 2 N–H and O–H groups in total. The number of aromatic hydroxyl groups is 1. The molecule has 0 saturated heterocycles. The van der Waals surface area contributed by atoms with Crippen molar-refractivity contribution in [3.05, 3.63) is 29.3 Å². The maximum absolute atomic E-state index is 12.3. The summed E-state index contributed by atoms with van der Waals surface area (Å²) in [4.78, 5) is 12.3. The fourth-order valence-corrected chi connectivity index (χ4v) is 5.40. The molecular weight excluding hydrogens is 264 g/mol. The Labute approximate surface area is 125 Å². The summed E-state index contributed by atoms with van der Waals surface area (Å²) < 4.78 is 0. The minimum Gasteiger partial charge on any atom is -0.508 e. The highest BCUT2D eigenvalue weighted by Crippen LogP contribution is 2.59. The highest BCUT2D eigenvalue weighted by molar-refractivity contribution is 5.88. The Kier molecular flexibility index (Phi) is 2.74. The van der Waals surface area contributed by atoms with Crippen LogP contribution >= 0.6 is 0 Å². The molecule has 1 aromatic rings. The largest absolute Gasteiger partial charge is 0.508 e. The van der Waals surface area contributed by atoms with Crippen LogP contribution in [-0.2, 0) is 11.2 Å². The molecule has 0 amide bonds. The van der Waals surface area contributed by atoms with Crippen LogP contribution in [0.25, 0.3) is 0 Å². The molecule has 112 valence electrons. The number of phenolic OH excluding ortho intramolecular Hbond substituents is 1. The first kappa shape index (κ1) is 13.3. The van der Waals surface area contributed by atoms with Gasteiger partial charge in [0.2, 0.25) is 0 Å². The minimum atomic E-state index is -0.464. The lowest BCUT2D eigenvalue weighted by Crippen LogP contribution is -2.45. The lowest BCUT2D eigenvalue weighted by Gasteiger charge is -2.49. The van der Waals surface area contributed by atoms with E-state index in [1.54, 1.807) is 6.07 Å². The van der Waals surface area contributed by atoms with Crippen LogP contribution in [0.15, 0.2) is 18.2 Å². The summed E-state index contributed by atoms with van der Waals surface area (Å²) in [7, 11) is 0. The number of aryl methyl sites for hydroxylation is 1. The lowest BCUT2D eigenvalue weighted by atomic mass is 9.55. The molecule has 1 aromatic carbocycles. The summed E-state index contributed by atoms with van der Waals surface area (Å²) in [5.41, 5.74) is 2.27. The Morgan fingerprint density at radius 3 is 2.90 bits per heavy atom. The van der Waals surface area contributed by atoms with E-state index < -0.39 is 6.10 Å². The third-order valence-electron chi connectivity index (χ3n) is 6.41. The molecule has 21 heavy (non-hydrogen) atoms. The van der Waals surface area contributed by atoms with Crippen molar-refractivity contribution in [3.8, 4) is 5.75 Å². The second kappa shape index (κ2) is 4.33. The number of hydrogen-bond donors (Lipinski definition) is 2. The number of rotatable bonds is 0. The number of aliphatic hydroxyl groups is 1. The van der Waals surface area contributed by atoms with E-state index in [9.17, 15) is 15.0 Å². The first-order valence-electron chi connectivity index (χ1n) is 8.04. The van der Waals surface area contributed by atoms with Crippen molar-refractivity contribution >= 4 is 5.78 Å². The zero-order valence-electron chi connectivity index (χ0n) is 12.4. The average Bonchev–Trinajstić information content (AvgIpc) is 2.68. The first-order chi connectivity index (χ1) is 10.0. The van der Waals surface area contributed by atoms with Crippen LogP contribution in [0.1, 0.15) is 49.7 Å². The molecule has 3 aliphatic carbocycles. The van der Waals surface area contributed by atoms with E-state index in [0.29, 0.717) is 24.0 Å². The zero-order valence-corrected chi connectivity index (χ0v) is 12.4. The number of aliphatic hydroxyl groups excluding tert-OH is 1. The smallest absolute Gasteiger partial charge is 0.141 e. The number of Topliss-reactive ketones (excluding diaryl/α,β-unsaturated/α-hetero) is 1. The number of benzene rings is 1. The molecule has 5 atom stereocenters. The van der Waals surface area contributed by atoms with Crippen molar-refractivity contribution in [3.63, 3.8) is 0 Å². The van der Waals surface area contributed by atoms with Gasteiger partial charge < -0.3 is 10.2 Å². The van der Waals surface area contributed by atoms with Gasteiger partial charge in [0.15, 0.2) is 0 Å². The van der Waals surface area contributed by atoms with Crippen LogP contribution in [-0.4, -0.2) is 22.1 Å². The molecule has 0 aliphatic heterocycles. The number of carbonyl (C=O) groups excluding carboxylic acids is 1. The van der Waals surface area contributed by atoms with Crippen LogP contribution in [0.3, 0.4) is 0 Å². The standard InChI is InChI=1S/C18H22O3/c1-18-7-6-13-12-5-3-11(19)8-10(12)2-4-14(13)17(18)15(20)9-16(18)21/h3,5,8,13-15,17,19-20H,2,4,6-7,9H2,1H3/t13-,14?,15+,17-,18-/m1/s1. The fraction of sp³-hybridized carbons (Fsp3) is 0.611. The quantitative estimate of drug-likeness (QED) is 0.771. The summed E-state index contributed by atoms with van der Waals surface area (Å²) in [5, 5.41) is 20.1. The molecule has 0 bridgehead atoms. The van der Waals surface area contributed by atoms with Crippen molar-refractivity contribution in [2.75, 3.05) is 0 Å². The van der Waals surface area contributed by atoms with E-state index in [0.717, 1.165) is 25.7 Å². The monoisotopic (exact) mass is 286 g/mol. The highest BCUT2D eigenvalue weighted by atomic mass is 16.3. The average molecular weight is 286 g/mol. The Hall–Kier alpha value is -1.35. The Balaban J connectivity index is 1.75. The van der Waals surface area contributed by atoms with Gasteiger partial charge >= 0.3 is 0 Å². The predicted molar refractivity (Wildman–Crippen MR) is 79.1 cm³/mol. The number of ketones is 1. The lowest BCUT2D eigenvalue weighted by molar-refractivity contribution is -0.129. The van der Waals surface area contributed by atoms with E-state index in [-0.39, 0.29) is 17.1 Å². The molecular formula is C18H22O3. The van der Waals surface area contributed by atoms with Crippen molar-refractivity contribution in [2.45, 2.75) is 51.0 Å². The van der Waals surface area contributed by atoms with Gasteiger partial charge in [0.05, 0.1) is 6.10 Å². The van der Waals surface area contributed by atoms with E-state index >= 15 is 0 Å².